The van der Waals surface area contributed by atoms with Gasteiger partial charge in [0.1, 0.15) is 0 Å². The first-order valence-electron chi connectivity index (χ1n) is 21.3. The smallest absolute Gasteiger partial charge is 0.0464 e. The van der Waals surface area contributed by atoms with Crippen molar-refractivity contribution in [2.24, 2.45) is 5.92 Å². The molecule has 1 unspecified atom stereocenters. The first kappa shape index (κ1) is 40.2. The molecule has 0 aliphatic rings. The van der Waals surface area contributed by atoms with E-state index >= 15 is 0 Å². The van der Waals surface area contributed by atoms with E-state index in [1.807, 2.05) is 0 Å². The summed E-state index contributed by atoms with van der Waals surface area (Å²) in [4.78, 5) is 4.59. The van der Waals surface area contributed by atoms with Gasteiger partial charge < -0.3 is 9.80 Å². The highest BCUT2D eigenvalue weighted by Gasteiger charge is 2.30. The maximum Gasteiger partial charge on any atom is 0.0464 e. The number of rotatable bonds is 12. The van der Waals surface area contributed by atoms with Crippen molar-refractivity contribution in [1.82, 2.24) is 0 Å². The molecule has 0 spiro atoms. The van der Waals surface area contributed by atoms with Crippen LogP contribution >= 0.6 is 0 Å². The molecule has 0 amide bonds. The van der Waals surface area contributed by atoms with Gasteiger partial charge in [0.15, 0.2) is 0 Å². The summed E-state index contributed by atoms with van der Waals surface area (Å²) in [5.74, 6) is 0.551. The third-order valence-corrected chi connectivity index (χ3v) is 12.1. The summed E-state index contributed by atoms with van der Waals surface area (Å²) in [6.45, 7) is 13.5. The Labute approximate surface area is 358 Å². The number of aryl methyl sites for hydroxylation is 3. The second-order valence-electron chi connectivity index (χ2n) is 17.2. The summed E-state index contributed by atoms with van der Waals surface area (Å²) < 4.78 is 0. The molecule has 2 nitrogen and oxygen atoms in total. The lowest BCUT2D eigenvalue weighted by Crippen LogP contribution is -2.25. The highest BCUT2D eigenvalue weighted by Crippen LogP contribution is 2.41. The van der Waals surface area contributed by atoms with E-state index in [1.54, 1.807) is 0 Å². The summed E-state index contributed by atoms with van der Waals surface area (Å²) in [5.41, 5.74) is 19.4. The minimum atomic E-state index is -0.103. The average molecular weight is 781 g/mol. The van der Waals surface area contributed by atoms with E-state index in [0.29, 0.717) is 5.92 Å². The first-order valence-corrected chi connectivity index (χ1v) is 21.3. The number of hydrogen-bond acceptors (Lipinski definition) is 2. The Morgan fingerprint density at radius 2 is 0.733 bits per heavy atom. The summed E-state index contributed by atoms with van der Waals surface area (Å²) >= 11 is 0. The van der Waals surface area contributed by atoms with Crippen molar-refractivity contribution in [3.63, 3.8) is 0 Å². The zero-order valence-corrected chi connectivity index (χ0v) is 36.2. The quantitative estimate of drug-likeness (QED) is 0.122. The van der Waals surface area contributed by atoms with E-state index in [0.717, 1.165) is 29.2 Å². The fourth-order valence-corrected chi connectivity index (χ4v) is 8.71. The average Bonchev–Trinajstić information content (AvgIpc) is 3.27. The predicted molar refractivity (Wildman–Crippen MR) is 258 cm³/mol. The van der Waals surface area contributed by atoms with E-state index < -0.39 is 0 Å². The van der Waals surface area contributed by atoms with Gasteiger partial charge in [0, 0.05) is 40.9 Å². The lowest BCUT2D eigenvalue weighted by atomic mass is 9.70. The zero-order valence-electron chi connectivity index (χ0n) is 36.2. The van der Waals surface area contributed by atoms with Crippen LogP contribution in [-0.4, -0.2) is 7.05 Å². The van der Waals surface area contributed by atoms with Gasteiger partial charge in [-0.1, -0.05) is 160 Å². The molecule has 0 heterocycles. The van der Waals surface area contributed by atoms with Gasteiger partial charge in [-0.05, 0) is 149 Å². The fraction of sp³-hybridized carbons (Fsp3) is 0.172. The van der Waals surface area contributed by atoms with Gasteiger partial charge in [-0.15, -0.1) is 0 Å². The maximum atomic E-state index is 2.41. The second-order valence-corrected chi connectivity index (χ2v) is 17.2. The molecule has 0 N–H and O–H groups in total. The van der Waals surface area contributed by atoms with Crippen LogP contribution in [0.1, 0.15) is 55.0 Å². The molecule has 8 rings (SSSR count). The van der Waals surface area contributed by atoms with Gasteiger partial charge in [-0.3, -0.25) is 0 Å². The second kappa shape index (κ2) is 17.3. The minimum Gasteiger partial charge on any atom is -0.345 e. The van der Waals surface area contributed by atoms with E-state index in [9.17, 15) is 0 Å². The molecular formula is C58H56N2. The minimum absolute atomic E-state index is 0.103. The first-order chi connectivity index (χ1) is 29.0. The summed E-state index contributed by atoms with van der Waals surface area (Å²) in [5, 5.41) is 0. The highest BCUT2D eigenvalue weighted by atomic mass is 15.1. The van der Waals surface area contributed by atoms with Crippen LogP contribution in [0.5, 0.6) is 0 Å². The molecular weight excluding hydrogens is 725 g/mol. The van der Waals surface area contributed by atoms with Crippen LogP contribution in [0, 0.1) is 26.7 Å². The predicted octanol–water partition coefficient (Wildman–Crippen LogP) is 16.2. The molecule has 0 saturated carbocycles. The van der Waals surface area contributed by atoms with E-state index in [-0.39, 0.29) is 5.41 Å². The van der Waals surface area contributed by atoms with Gasteiger partial charge >= 0.3 is 0 Å². The molecule has 8 aromatic rings. The van der Waals surface area contributed by atoms with Gasteiger partial charge in [0.25, 0.3) is 0 Å². The Balaban J connectivity index is 1.03. The summed E-state index contributed by atoms with van der Waals surface area (Å²) in [7, 11) is 2.12. The number of benzene rings is 8. The van der Waals surface area contributed by atoms with Gasteiger partial charge in [-0.2, -0.15) is 0 Å². The standard InChI is InChI=1S/C58H56N2/c1-41(2)40-58(6,51-28-18-46(19-29-51)45-16-14-42(3)15-17-45)52-30-20-47(21-31-52)49-24-34-54(35-25-49)60(57-13-9-11-44(5)39-57)55-36-26-50(27-37-55)48-22-32-53(33-23-48)59(7)56-12-8-10-43(4)38-56/h8-39,41H,40H2,1-7H3. The van der Waals surface area contributed by atoms with Crippen molar-refractivity contribution in [1.29, 1.82) is 0 Å². The van der Waals surface area contributed by atoms with Gasteiger partial charge in [-0.25, -0.2) is 0 Å². The van der Waals surface area contributed by atoms with Crippen molar-refractivity contribution in [2.75, 3.05) is 16.8 Å². The number of hydrogen-bond donors (Lipinski definition) is 0. The molecule has 8 aromatic carbocycles. The molecule has 60 heavy (non-hydrogen) atoms. The molecule has 0 aliphatic carbocycles. The van der Waals surface area contributed by atoms with Crippen molar-refractivity contribution in [3.05, 3.63) is 222 Å². The lowest BCUT2D eigenvalue weighted by molar-refractivity contribution is 0.427. The molecule has 2 heteroatoms. The lowest BCUT2D eigenvalue weighted by Gasteiger charge is -2.33. The normalized spacial score (nSPS) is 12.3. The van der Waals surface area contributed by atoms with Crippen LogP contribution in [0.15, 0.2) is 194 Å². The van der Waals surface area contributed by atoms with Crippen LogP contribution in [0.3, 0.4) is 0 Å². The van der Waals surface area contributed by atoms with Crippen molar-refractivity contribution in [2.45, 2.75) is 53.4 Å². The van der Waals surface area contributed by atoms with Gasteiger partial charge in [0.05, 0.1) is 0 Å². The zero-order chi connectivity index (χ0) is 41.8. The Morgan fingerprint density at radius 1 is 0.383 bits per heavy atom. The van der Waals surface area contributed by atoms with E-state index in [2.05, 4.69) is 253 Å². The number of anilines is 5. The molecule has 0 saturated heterocycles. The Bertz CT molecular complexity index is 2650. The van der Waals surface area contributed by atoms with Gasteiger partial charge in [0.2, 0.25) is 0 Å². The van der Waals surface area contributed by atoms with Crippen LogP contribution in [0.2, 0.25) is 0 Å². The Morgan fingerprint density at radius 3 is 1.13 bits per heavy atom. The van der Waals surface area contributed by atoms with Crippen LogP contribution in [0.25, 0.3) is 33.4 Å². The summed E-state index contributed by atoms with van der Waals surface area (Å²) in [6.07, 6.45) is 1.07. The van der Waals surface area contributed by atoms with Crippen molar-refractivity contribution in [3.8, 4) is 33.4 Å². The summed E-state index contributed by atoms with van der Waals surface area (Å²) in [6, 6.07) is 71.5. The van der Waals surface area contributed by atoms with E-state index in [4.69, 9.17) is 0 Å². The SMILES string of the molecule is Cc1ccc(-c2ccc(C(C)(CC(C)C)c3ccc(-c4ccc(N(c5ccc(-c6ccc(N(C)c7cccc(C)c7)cc6)cc5)c5cccc(C)c5)cc4)cc3)cc2)cc1. The van der Waals surface area contributed by atoms with E-state index in [1.165, 1.54) is 66.9 Å². The monoisotopic (exact) mass is 780 g/mol. The van der Waals surface area contributed by atoms with Crippen molar-refractivity contribution >= 4 is 28.4 Å². The highest BCUT2D eigenvalue weighted by molar-refractivity contribution is 5.80. The molecule has 0 bridgehead atoms. The molecule has 298 valence electrons. The Hall–Kier alpha value is -6.64. The third-order valence-electron chi connectivity index (χ3n) is 12.1. The Kier molecular flexibility index (Phi) is 11.6. The maximum absolute atomic E-state index is 2.41. The molecule has 0 fully saturated rings. The fourth-order valence-electron chi connectivity index (χ4n) is 8.71. The van der Waals surface area contributed by atoms with Crippen LogP contribution < -0.4 is 9.80 Å². The largest absolute Gasteiger partial charge is 0.345 e. The molecule has 0 aliphatic heterocycles. The third kappa shape index (κ3) is 8.70. The van der Waals surface area contributed by atoms with Crippen LogP contribution in [-0.2, 0) is 5.41 Å². The molecule has 0 radical (unpaired) electrons. The molecule has 1 atom stereocenters. The number of nitrogens with zero attached hydrogens (tertiary/aromatic N) is 2. The molecule has 0 aromatic heterocycles. The topological polar surface area (TPSA) is 6.48 Å². The van der Waals surface area contributed by atoms with Crippen molar-refractivity contribution < 1.29 is 0 Å². The van der Waals surface area contributed by atoms with Crippen LogP contribution in [0.4, 0.5) is 28.4 Å².